The van der Waals surface area contributed by atoms with E-state index in [9.17, 15) is 13.2 Å². The summed E-state index contributed by atoms with van der Waals surface area (Å²) in [7, 11) is -3.63. The fourth-order valence-electron chi connectivity index (χ4n) is 3.56. The maximum absolute atomic E-state index is 13.5. The van der Waals surface area contributed by atoms with Crippen LogP contribution in [0.2, 0.25) is 0 Å². The highest BCUT2D eigenvalue weighted by atomic mass is 32.2. The molecule has 2 unspecified atom stereocenters. The number of thiazole rings is 1. The minimum atomic E-state index is -3.63. The number of anilines is 1. The van der Waals surface area contributed by atoms with Crippen LogP contribution < -0.4 is 9.62 Å². The third-order valence-corrected chi connectivity index (χ3v) is 8.21. The highest BCUT2D eigenvalue weighted by Crippen LogP contribution is 2.31. The Balaban J connectivity index is 1.61. The molecule has 170 valence electrons. The van der Waals surface area contributed by atoms with Crippen LogP contribution in [0.1, 0.15) is 43.5 Å². The summed E-state index contributed by atoms with van der Waals surface area (Å²) in [5, 5.41) is 0.613. The van der Waals surface area contributed by atoms with Gasteiger partial charge in [0.25, 0.3) is 5.91 Å². The average Bonchev–Trinajstić information content (AvgIpc) is 3.46. The molecule has 4 rings (SSSR count). The van der Waals surface area contributed by atoms with Crippen molar-refractivity contribution in [1.82, 2.24) is 9.71 Å². The molecule has 1 saturated heterocycles. The number of amides is 1. The van der Waals surface area contributed by atoms with Crippen molar-refractivity contribution in [3.05, 3.63) is 54.1 Å². The number of aromatic nitrogens is 1. The van der Waals surface area contributed by atoms with Crippen LogP contribution in [0.5, 0.6) is 0 Å². The van der Waals surface area contributed by atoms with Crippen molar-refractivity contribution < 1.29 is 17.9 Å². The van der Waals surface area contributed by atoms with Gasteiger partial charge in [-0.25, -0.2) is 18.1 Å². The summed E-state index contributed by atoms with van der Waals surface area (Å²) in [5.74, 6) is -0.224. The van der Waals surface area contributed by atoms with Crippen molar-refractivity contribution in [3.8, 4) is 0 Å². The lowest BCUT2D eigenvalue weighted by Crippen LogP contribution is -2.37. The van der Waals surface area contributed by atoms with Gasteiger partial charge in [-0.3, -0.25) is 9.69 Å². The number of benzene rings is 2. The van der Waals surface area contributed by atoms with E-state index in [2.05, 4.69) is 9.71 Å². The Morgan fingerprint density at radius 1 is 1.25 bits per heavy atom. The molecule has 3 aromatic rings. The van der Waals surface area contributed by atoms with Gasteiger partial charge in [0, 0.05) is 18.2 Å². The Hall–Kier alpha value is -2.33. The molecule has 2 aromatic carbocycles. The molecule has 1 fully saturated rings. The lowest BCUT2D eigenvalue weighted by Gasteiger charge is -2.23. The molecule has 0 spiro atoms. The van der Waals surface area contributed by atoms with Crippen LogP contribution in [-0.2, 0) is 14.8 Å². The van der Waals surface area contributed by atoms with Gasteiger partial charge in [-0.2, -0.15) is 0 Å². The molecule has 1 N–H and O–H groups in total. The molecule has 7 nitrogen and oxygen atoms in total. The Morgan fingerprint density at radius 2 is 2.00 bits per heavy atom. The van der Waals surface area contributed by atoms with Gasteiger partial charge in [-0.05, 0) is 62.6 Å². The topological polar surface area (TPSA) is 88.6 Å². The van der Waals surface area contributed by atoms with Crippen molar-refractivity contribution in [1.29, 1.82) is 0 Å². The smallest absolute Gasteiger partial charge is 0.260 e. The summed E-state index contributed by atoms with van der Waals surface area (Å²) < 4.78 is 34.5. The first kappa shape index (κ1) is 22.8. The van der Waals surface area contributed by atoms with Gasteiger partial charge in [0.1, 0.15) is 0 Å². The second-order valence-corrected chi connectivity index (χ2v) is 10.7. The number of carbonyl (C=O) groups is 1. The molecule has 0 aliphatic carbocycles. The lowest BCUT2D eigenvalue weighted by molar-refractivity contribution is 0.0917. The van der Waals surface area contributed by atoms with Crippen LogP contribution in [0.25, 0.3) is 10.2 Å². The highest BCUT2D eigenvalue weighted by Gasteiger charge is 2.27. The van der Waals surface area contributed by atoms with Gasteiger partial charge in [-0.15, -0.1) is 0 Å². The van der Waals surface area contributed by atoms with E-state index in [1.54, 1.807) is 17.0 Å². The van der Waals surface area contributed by atoms with Crippen LogP contribution in [0.4, 0.5) is 5.13 Å². The summed E-state index contributed by atoms with van der Waals surface area (Å²) in [6.45, 7) is 4.84. The molecule has 1 amide bonds. The SMILES string of the molecule is CCC(C)NS(=O)(=O)c1ccc(C(=O)N(CC2CCCO2)c2nc3ccccc3s2)cc1. The van der Waals surface area contributed by atoms with Crippen molar-refractivity contribution in [2.24, 2.45) is 0 Å². The Morgan fingerprint density at radius 3 is 2.66 bits per heavy atom. The van der Waals surface area contributed by atoms with Crippen molar-refractivity contribution >= 4 is 42.6 Å². The number of ether oxygens (including phenoxy) is 1. The summed E-state index contributed by atoms with van der Waals surface area (Å²) in [5.41, 5.74) is 1.25. The van der Waals surface area contributed by atoms with E-state index in [-0.39, 0.29) is 22.9 Å². The van der Waals surface area contributed by atoms with Gasteiger partial charge in [0.15, 0.2) is 5.13 Å². The first-order valence-corrected chi connectivity index (χ1v) is 13.1. The fourth-order valence-corrected chi connectivity index (χ4v) is 5.86. The van der Waals surface area contributed by atoms with Gasteiger partial charge < -0.3 is 4.74 Å². The van der Waals surface area contributed by atoms with E-state index in [4.69, 9.17) is 4.74 Å². The van der Waals surface area contributed by atoms with Crippen LogP contribution >= 0.6 is 11.3 Å². The number of nitrogens with one attached hydrogen (secondary N) is 1. The summed E-state index contributed by atoms with van der Waals surface area (Å²) in [6, 6.07) is 13.7. The maximum atomic E-state index is 13.5. The molecule has 2 heterocycles. The number of hydrogen-bond acceptors (Lipinski definition) is 6. The molecule has 32 heavy (non-hydrogen) atoms. The average molecular weight is 474 g/mol. The van der Waals surface area contributed by atoms with E-state index in [0.717, 1.165) is 23.1 Å². The van der Waals surface area contributed by atoms with Crippen LogP contribution in [0.15, 0.2) is 53.4 Å². The standard InChI is InChI=1S/C23H27N3O4S2/c1-3-16(2)25-32(28,29)19-12-10-17(11-13-19)22(27)26(15-18-7-6-14-30-18)23-24-20-8-4-5-9-21(20)31-23/h4-5,8-13,16,18,25H,3,6-7,14-15H2,1-2H3. The number of fused-ring (bicyclic) bond motifs is 1. The molecule has 0 bridgehead atoms. The van der Waals surface area contributed by atoms with E-state index in [1.807, 2.05) is 38.1 Å². The lowest BCUT2D eigenvalue weighted by atomic mass is 10.2. The zero-order valence-corrected chi connectivity index (χ0v) is 19.8. The van der Waals surface area contributed by atoms with E-state index in [0.29, 0.717) is 30.3 Å². The van der Waals surface area contributed by atoms with Crippen molar-refractivity contribution in [2.75, 3.05) is 18.1 Å². The number of nitrogens with zero attached hydrogens (tertiary/aromatic N) is 2. The van der Waals surface area contributed by atoms with Gasteiger partial charge >= 0.3 is 0 Å². The van der Waals surface area contributed by atoms with E-state index in [1.165, 1.54) is 23.5 Å². The number of para-hydroxylation sites is 1. The normalized spacial score (nSPS) is 17.5. The highest BCUT2D eigenvalue weighted by molar-refractivity contribution is 7.89. The molecule has 1 aromatic heterocycles. The van der Waals surface area contributed by atoms with E-state index >= 15 is 0 Å². The maximum Gasteiger partial charge on any atom is 0.260 e. The molecule has 1 aliphatic heterocycles. The zero-order chi connectivity index (χ0) is 22.7. The molecule has 1 aliphatic rings. The largest absolute Gasteiger partial charge is 0.376 e. The first-order valence-electron chi connectivity index (χ1n) is 10.8. The Kier molecular flexibility index (Phi) is 6.90. The van der Waals surface area contributed by atoms with Crippen LogP contribution in [0, 0.1) is 0 Å². The summed E-state index contributed by atoms with van der Waals surface area (Å²) in [4.78, 5) is 19.9. The van der Waals surface area contributed by atoms with Gasteiger partial charge in [0.2, 0.25) is 10.0 Å². The predicted molar refractivity (Wildman–Crippen MR) is 127 cm³/mol. The zero-order valence-electron chi connectivity index (χ0n) is 18.2. The van der Waals surface area contributed by atoms with Gasteiger partial charge in [-0.1, -0.05) is 30.4 Å². The third kappa shape index (κ3) is 5.01. The molecule has 0 radical (unpaired) electrons. The minimum Gasteiger partial charge on any atom is -0.376 e. The second-order valence-electron chi connectivity index (χ2n) is 7.97. The van der Waals surface area contributed by atoms with Crippen LogP contribution in [-0.4, -0.2) is 44.6 Å². The fraction of sp³-hybridized carbons (Fsp3) is 0.391. The molecule has 2 atom stereocenters. The summed E-state index contributed by atoms with van der Waals surface area (Å²) >= 11 is 1.46. The number of sulfonamides is 1. The molecular formula is C23H27N3O4S2. The second kappa shape index (κ2) is 9.66. The first-order chi connectivity index (χ1) is 15.4. The number of carbonyl (C=O) groups excluding carboxylic acids is 1. The number of hydrogen-bond donors (Lipinski definition) is 1. The van der Waals surface area contributed by atoms with Crippen LogP contribution in [0.3, 0.4) is 0 Å². The predicted octanol–water partition coefficient (Wildman–Crippen LogP) is 4.20. The Bertz CT molecular complexity index is 1150. The monoisotopic (exact) mass is 473 g/mol. The number of rotatable bonds is 8. The Labute approximate surface area is 192 Å². The summed E-state index contributed by atoms with van der Waals surface area (Å²) in [6.07, 6.45) is 2.52. The third-order valence-electron chi connectivity index (χ3n) is 5.55. The van der Waals surface area contributed by atoms with Crippen molar-refractivity contribution in [3.63, 3.8) is 0 Å². The molecular weight excluding hydrogens is 446 g/mol. The molecule has 9 heteroatoms. The van der Waals surface area contributed by atoms with Crippen molar-refractivity contribution in [2.45, 2.75) is 50.2 Å². The molecule has 0 saturated carbocycles. The van der Waals surface area contributed by atoms with Gasteiger partial charge in [0.05, 0.1) is 27.8 Å². The minimum absolute atomic E-state index is 0.0367. The quantitative estimate of drug-likeness (QED) is 0.530. The van der Waals surface area contributed by atoms with E-state index < -0.39 is 10.0 Å².